The number of alkyl halides is 1. The van der Waals surface area contributed by atoms with Crippen LogP contribution in [-0.4, -0.2) is 71.4 Å². The third kappa shape index (κ3) is 10.1. The first kappa shape index (κ1) is 19.2. The lowest BCUT2D eigenvalue weighted by molar-refractivity contribution is -0.111. The fraction of sp³-hybridized carbons (Fsp3) is 0.923. The standard InChI is InChI=1S/C13H27FN2O4/c1-13(2,12(14)10-16-11-17)20-9-8-19-7-6-18-5-4-15-3/h11-12,15H,4-10H2,1-3H3,(H,16,17). The van der Waals surface area contributed by atoms with Crippen LogP contribution >= 0.6 is 0 Å². The number of carbonyl (C=O) groups excluding carboxylic acids is 1. The fourth-order valence-corrected chi connectivity index (χ4v) is 1.35. The van der Waals surface area contributed by atoms with Crippen molar-refractivity contribution >= 4 is 6.41 Å². The first-order valence-electron chi connectivity index (χ1n) is 6.79. The third-order valence-electron chi connectivity index (χ3n) is 2.70. The number of hydrogen-bond acceptors (Lipinski definition) is 5. The molecule has 0 fully saturated rings. The number of halogens is 1. The van der Waals surface area contributed by atoms with Crippen molar-refractivity contribution in [3.63, 3.8) is 0 Å². The van der Waals surface area contributed by atoms with Gasteiger partial charge < -0.3 is 24.8 Å². The molecule has 1 amide bonds. The molecule has 0 bridgehead atoms. The number of ether oxygens (including phenoxy) is 3. The second kappa shape index (κ2) is 12.0. The van der Waals surface area contributed by atoms with Crippen LogP contribution in [-0.2, 0) is 19.0 Å². The minimum atomic E-state index is -1.27. The highest BCUT2D eigenvalue weighted by atomic mass is 19.1. The summed E-state index contributed by atoms with van der Waals surface area (Å²) < 4.78 is 29.7. The molecule has 0 aromatic carbocycles. The van der Waals surface area contributed by atoms with Crippen LogP contribution in [0.25, 0.3) is 0 Å². The summed E-state index contributed by atoms with van der Waals surface area (Å²) in [6.45, 7) is 6.38. The van der Waals surface area contributed by atoms with E-state index in [9.17, 15) is 9.18 Å². The Morgan fingerprint density at radius 2 is 1.75 bits per heavy atom. The van der Waals surface area contributed by atoms with Gasteiger partial charge in [-0.3, -0.25) is 4.79 Å². The summed E-state index contributed by atoms with van der Waals surface area (Å²) in [6.07, 6.45) is -0.794. The molecule has 0 rings (SSSR count). The number of hydrogen-bond donors (Lipinski definition) is 2. The van der Waals surface area contributed by atoms with Gasteiger partial charge in [0.1, 0.15) is 6.17 Å². The van der Waals surface area contributed by atoms with E-state index in [1.165, 1.54) is 0 Å². The number of nitrogens with one attached hydrogen (secondary N) is 2. The van der Waals surface area contributed by atoms with E-state index in [4.69, 9.17) is 14.2 Å². The molecule has 0 heterocycles. The molecule has 0 aromatic rings. The topological polar surface area (TPSA) is 68.8 Å². The number of rotatable bonds is 14. The minimum absolute atomic E-state index is 0.0589. The summed E-state index contributed by atoms with van der Waals surface area (Å²) in [5, 5.41) is 5.27. The molecule has 0 aliphatic rings. The summed E-state index contributed by atoms with van der Waals surface area (Å²) in [6, 6.07) is 0. The van der Waals surface area contributed by atoms with Gasteiger partial charge in [0, 0.05) is 6.54 Å². The van der Waals surface area contributed by atoms with Gasteiger partial charge in [-0.25, -0.2) is 4.39 Å². The van der Waals surface area contributed by atoms with Crippen LogP contribution in [0.3, 0.4) is 0 Å². The maximum absolute atomic E-state index is 13.7. The van der Waals surface area contributed by atoms with Gasteiger partial charge in [-0.15, -0.1) is 0 Å². The third-order valence-corrected chi connectivity index (χ3v) is 2.70. The van der Waals surface area contributed by atoms with Crippen LogP contribution in [0.2, 0.25) is 0 Å². The van der Waals surface area contributed by atoms with E-state index in [-0.39, 0.29) is 6.54 Å². The van der Waals surface area contributed by atoms with E-state index in [0.717, 1.165) is 6.54 Å². The molecular weight excluding hydrogens is 267 g/mol. The monoisotopic (exact) mass is 294 g/mol. The van der Waals surface area contributed by atoms with E-state index in [2.05, 4.69) is 10.6 Å². The van der Waals surface area contributed by atoms with Crippen molar-refractivity contribution in [3.8, 4) is 0 Å². The van der Waals surface area contributed by atoms with Crippen molar-refractivity contribution in [2.45, 2.75) is 25.6 Å². The summed E-state index contributed by atoms with van der Waals surface area (Å²) in [5.41, 5.74) is -0.956. The van der Waals surface area contributed by atoms with E-state index in [0.29, 0.717) is 39.4 Å². The number of carbonyl (C=O) groups is 1. The summed E-state index contributed by atoms with van der Waals surface area (Å²) >= 11 is 0. The highest BCUT2D eigenvalue weighted by molar-refractivity contribution is 5.45. The Labute approximate surface area is 120 Å². The quantitative estimate of drug-likeness (QED) is 0.352. The first-order chi connectivity index (χ1) is 9.54. The largest absolute Gasteiger partial charge is 0.378 e. The lowest BCUT2D eigenvalue weighted by Crippen LogP contribution is -2.43. The molecule has 0 spiro atoms. The zero-order valence-electron chi connectivity index (χ0n) is 12.6. The van der Waals surface area contributed by atoms with Gasteiger partial charge >= 0.3 is 0 Å². The van der Waals surface area contributed by atoms with Crippen molar-refractivity contribution in [2.24, 2.45) is 0 Å². The molecule has 7 heteroatoms. The molecule has 0 aliphatic heterocycles. The molecule has 0 aliphatic carbocycles. The summed E-state index contributed by atoms with van der Waals surface area (Å²) in [4.78, 5) is 10.1. The van der Waals surface area contributed by atoms with Crippen molar-refractivity contribution in [1.82, 2.24) is 10.6 Å². The average Bonchev–Trinajstić information content (AvgIpc) is 2.42. The van der Waals surface area contributed by atoms with Crippen molar-refractivity contribution in [2.75, 3.05) is 53.2 Å². The molecule has 2 N–H and O–H groups in total. The maximum atomic E-state index is 13.7. The van der Waals surface area contributed by atoms with Gasteiger partial charge in [-0.2, -0.15) is 0 Å². The molecule has 0 radical (unpaired) electrons. The van der Waals surface area contributed by atoms with Crippen molar-refractivity contribution in [1.29, 1.82) is 0 Å². The SMILES string of the molecule is CNCCOCCOCCOC(C)(C)C(F)CNC=O. The van der Waals surface area contributed by atoms with E-state index in [1.54, 1.807) is 13.8 Å². The first-order valence-corrected chi connectivity index (χ1v) is 6.79. The highest BCUT2D eigenvalue weighted by Gasteiger charge is 2.30. The molecule has 6 nitrogen and oxygen atoms in total. The Balaban J connectivity index is 3.50. The molecule has 1 atom stereocenters. The Bertz CT molecular complexity index is 242. The van der Waals surface area contributed by atoms with Gasteiger partial charge in [0.15, 0.2) is 0 Å². The number of amides is 1. The molecule has 20 heavy (non-hydrogen) atoms. The minimum Gasteiger partial charge on any atom is -0.378 e. The lowest BCUT2D eigenvalue weighted by Gasteiger charge is -2.28. The lowest BCUT2D eigenvalue weighted by atomic mass is 10.0. The number of likely N-dealkylation sites (N-methyl/N-ethyl adjacent to an activating group) is 1. The smallest absolute Gasteiger partial charge is 0.207 e. The van der Waals surface area contributed by atoms with Crippen LogP contribution in [0.1, 0.15) is 13.8 Å². The van der Waals surface area contributed by atoms with Crippen LogP contribution in [0.5, 0.6) is 0 Å². The summed E-state index contributed by atoms with van der Waals surface area (Å²) in [7, 11) is 1.86. The van der Waals surface area contributed by atoms with Crippen LogP contribution in [0.15, 0.2) is 0 Å². The van der Waals surface area contributed by atoms with Crippen LogP contribution in [0.4, 0.5) is 4.39 Å². The van der Waals surface area contributed by atoms with Crippen molar-refractivity contribution in [3.05, 3.63) is 0 Å². The van der Waals surface area contributed by atoms with Gasteiger partial charge in [0.05, 0.1) is 45.2 Å². The molecule has 1 unspecified atom stereocenters. The zero-order valence-corrected chi connectivity index (χ0v) is 12.6. The maximum Gasteiger partial charge on any atom is 0.207 e. The Morgan fingerprint density at radius 1 is 1.15 bits per heavy atom. The van der Waals surface area contributed by atoms with E-state index >= 15 is 0 Å². The predicted octanol–water partition coefficient (Wildman–Crippen LogP) is 0.118. The normalized spacial score (nSPS) is 13.2. The molecule has 0 saturated carbocycles. The van der Waals surface area contributed by atoms with E-state index < -0.39 is 11.8 Å². The van der Waals surface area contributed by atoms with E-state index in [1.807, 2.05) is 7.05 Å². The summed E-state index contributed by atoms with van der Waals surface area (Å²) in [5.74, 6) is 0. The fourth-order valence-electron chi connectivity index (χ4n) is 1.35. The van der Waals surface area contributed by atoms with Gasteiger partial charge in [-0.05, 0) is 20.9 Å². The van der Waals surface area contributed by atoms with Crippen molar-refractivity contribution < 1.29 is 23.4 Å². The highest BCUT2D eigenvalue weighted by Crippen LogP contribution is 2.17. The van der Waals surface area contributed by atoms with Crippen LogP contribution in [0, 0.1) is 0 Å². The van der Waals surface area contributed by atoms with Crippen LogP contribution < -0.4 is 10.6 Å². The Morgan fingerprint density at radius 3 is 2.35 bits per heavy atom. The Kier molecular flexibility index (Phi) is 11.6. The molecule has 0 aromatic heterocycles. The van der Waals surface area contributed by atoms with Gasteiger partial charge in [0.2, 0.25) is 6.41 Å². The second-order valence-corrected chi connectivity index (χ2v) is 4.77. The molecular formula is C13H27FN2O4. The molecule has 120 valence electrons. The van der Waals surface area contributed by atoms with Gasteiger partial charge in [0.25, 0.3) is 0 Å². The second-order valence-electron chi connectivity index (χ2n) is 4.77. The zero-order chi connectivity index (χ0) is 15.3. The Hall–Kier alpha value is -0.760. The van der Waals surface area contributed by atoms with Gasteiger partial charge in [-0.1, -0.05) is 0 Å². The average molecular weight is 294 g/mol. The molecule has 0 saturated heterocycles. The predicted molar refractivity (Wildman–Crippen MR) is 74.6 cm³/mol.